The first-order chi connectivity index (χ1) is 6.70. The highest BCUT2D eigenvalue weighted by atomic mass is 16.1. The third-order valence-electron chi connectivity index (χ3n) is 1.82. The van der Waals surface area contributed by atoms with E-state index in [0.29, 0.717) is 6.54 Å². The smallest absolute Gasteiger partial charge is 0.231 e. The Labute approximate surface area is 83.6 Å². The summed E-state index contributed by atoms with van der Waals surface area (Å²) >= 11 is 0. The predicted molar refractivity (Wildman–Crippen MR) is 57.5 cm³/mol. The maximum atomic E-state index is 10.4. The Balaban J connectivity index is 2.40. The van der Waals surface area contributed by atoms with Gasteiger partial charge >= 0.3 is 0 Å². The van der Waals surface area contributed by atoms with Crippen LogP contribution in [0.5, 0.6) is 0 Å². The van der Waals surface area contributed by atoms with E-state index in [0.717, 1.165) is 11.1 Å². The zero-order chi connectivity index (χ0) is 10.4. The predicted octanol–water partition coefficient (Wildman–Crippen LogP) is 0.775. The molecule has 1 amide bonds. The van der Waals surface area contributed by atoms with Crippen molar-refractivity contribution in [1.29, 1.82) is 0 Å². The molecule has 0 heterocycles. The Hall–Kier alpha value is -1.61. The highest BCUT2D eigenvalue weighted by Gasteiger charge is 1.98. The van der Waals surface area contributed by atoms with Crippen molar-refractivity contribution in [2.45, 2.75) is 0 Å². The minimum Gasteiger partial charge on any atom is -0.369 e. The maximum absolute atomic E-state index is 10.4. The van der Waals surface area contributed by atoms with Crippen molar-refractivity contribution in [3.8, 4) is 0 Å². The van der Waals surface area contributed by atoms with Crippen LogP contribution < -0.4 is 11.1 Å². The maximum Gasteiger partial charge on any atom is 0.231 e. The molecule has 0 aliphatic rings. The molecule has 3 N–H and O–H groups in total. The van der Waals surface area contributed by atoms with E-state index >= 15 is 0 Å². The van der Waals surface area contributed by atoms with Gasteiger partial charge in [-0.25, -0.2) is 0 Å². The molecule has 0 saturated heterocycles. The number of rotatable bonds is 5. The highest BCUT2D eigenvalue weighted by molar-refractivity contribution is 5.76. The number of carbonyl (C=O) groups excluding carboxylic acids is 1. The lowest BCUT2D eigenvalue weighted by molar-refractivity contribution is -0.117. The number of hydrogen-bond acceptors (Lipinski definition) is 2. The molecule has 0 spiro atoms. The number of amides is 1. The Kier molecular flexibility index (Phi) is 3.88. The molecular formula is C11H14N2O. The summed E-state index contributed by atoms with van der Waals surface area (Å²) in [6, 6.07) is 9.82. The molecule has 0 aromatic heterocycles. The molecular weight excluding hydrogens is 176 g/mol. The molecule has 1 aromatic carbocycles. The van der Waals surface area contributed by atoms with E-state index in [1.54, 1.807) is 0 Å². The molecule has 0 aliphatic carbocycles. The van der Waals surface area contributed by atoms with Crippen LogP contribution in [0.1, 0.15) is 5.56 Å². The van der Waals surface area contributed by atoms with Crippen molar-refractivity contribution < 1.29 is 4.79 Å². The Bertz CT molecular complexity index is 319. The molecule has 0 saturated carbocycles. The molecule has 0 bridgehead atoms. The largest absolute Gasteiger partial charge is 0.369 e. The van der Waals surface area contributed by atoms with E-state index in [1.807, 2.05) is 30.3 Å². The molecule has 0 aliphatic heterocycles. The summed E-state index contributed by atoms with van der Waals surface area (Å²) < 4.78 is 0. The molecule has 3 heteroatoms. The number of carbonyl (C=O) groups is 1. The second kappa shape index (κ2) is 5.19. The third kappa shape index (κ3) is 3.41. The second-order valence-electron chi connectivity index (χ2n) is 3.04. The monoisotopic (exact) mass is 190 g/mol. The molecule has 1 rings (SSSR count). The van der Waals surface area contributed by atoms with Gasteiger partial charge < -0.3 is 11.1 Å². The Morgan fingerprint density at radius 1 is 1.29 bits per heavy atom. The molecule has 3 nitrogen and oxygen atoms in total. The van der Waals surface area contributed by atoms with Crippen LogP contribution >= 0.6 is 0 Å². The first kappa shape index (κ1) is 10.5. The van der Waals surface area contributed by atoms with Crippen molar-refractivity contribution in [2.24, 2.45) is 5.73 Å². The number of nitrogens with one attached hydrogen (secondary N) is 1. The van der Waals surface area contributed by atoms with Crippen molar-refractivity contribution in [3.05, 3.63) is 42.5 Å². The summed E-state index contributed by atoms with van der Waals surface area (Å²) in [6.45, 7) is 4.67. The molecule has 14 heavy (non-hydrogen) atoms. The van der Waals surface area contributed by atoms with Gasteiger partial charge in [0, 0.05) is 6.54 Å². The molecule has 74 valence electrons. The lowest BCUT2D eigenvalue weighted by Crippen LogP contribution is -2.29. The van der Waals surface area contributed by atoms with Crippen molar-refractivity contribution in [2.75, 3.05) is 13.1 Å². The zero-order valence-electron chi connectivity index (χ0n) is 7.99. The van der Waals surface area contributed by atoms with Crippen molar-refractivity contribution in [3.63, 3.8) is 0 Å². The van der Waals surface area contributed by atoms with Crippen molar-refractivity contribution in [1.82, 2.24) is 5.32 Å². The van der Waals surface area contributed by atoms with Gasteiger partial charge in [0.25, 0.3) is 0 Å². The lowest BCUT2D eigenvalue weighted by Gasteiger charge is -2.05. The van der Waals surface area contributed by atoms with Gasteiger partial charge in [0.05, 0.1) is 6.54 Å². The average molecular weight is 190 g/mol. The number of benzene rings is 1. The summed E-state index contributed by atoms with van der Waals surface area (Å²) in [7, 11) is 0. The molecule has 0 fully saturated rings. The van der Waals surface area contributed by atoms with Gasteiger partial charge in [-0.3, -0.25) is 4.79 Å². The van der Waals surface area contributed by atoms with Crippen molar-refractivity contribution >= 4 is 11.5 Å². The second-order valence-corrected chi connectivity index (χ2v) is 3.04. The van der Waals surface area contributed by atoms with Gasteiger partial charge in [-0.1, -0.05) is 36.9 Å². The van der Waals surface area contributed by atoms with Gasteiger partial charge in [-0.05, 0) is 11.1 Å². The van der Waals surface area contributed by atoms with Crippen LogP contribution in [0.15, 0.2) is 36.9 Å². The summed E-state index contributed by atoms with van der Waals surface area (Å²) in [5.74, 6) is -0.356. The minimum absolute atomic E-state index is 0.186. The summed E-state index contributed by atoms with van der Waals surface area (Å²) in [5, 5.41) is 2.91. The van der Waals surface area contributed by atoms with E-state index in [2.05, 4.69) is 11.9 Å². The molecule has 0 unspecified atom stereocenters. The van der Waals surface area contributed by atoms with Gasteiger partial charge in [-0.2, -0.15) is 0 Å². The SMILES string of the molecule is C=C(CNCC(N)=O)c1ccccc1. The summed E-state index contributed by atoms with van der Waals surface area (Å²) in [6.07, 6.45) is 0. The third-order valence-corrected chi connectivity index (χ3v) is 1.82. The van der Waals surface area contributed by atoms with Gasteiger partial charge in [0.15, 0.2) is 0 Å². The minimum atomic E-state index is -0.356. The fraction of sp³-hybridized carbons (Fsp3) is 0.182. The number of hydrogen-bond donors (Lipinski definition) is 2. The van der Waals surface area contributed by atoms with Crippen LogP contribution in [-0.2, 0) is 4.79 Å². The standard InChI is InChI=1S/C11H14N2O/c1-9(7-13-8-11(12)14)10-5-3-2-4-6-10/h2-6,13H,1,7-8H2,(H2,12,14). The number of primary amides is 1. The topological polar surface area (TPSA) is 55.1 Å². The van der Waals surface area contributed by atoms with Gasteiger partial charge in [0.1, 0.15) is 0 Å². The molecule has 1 aromatic rings. The van der Waals surface area contributed by atoms with E-state index in [1.165, 1.54) is 0 Å². The Morgan fingerprint density at radius 3 is 2.50 bits per heavy atom. The first-order valence-electron chi connectivity index (χ1n) is 4.42. The zero-order valence-corrected chi connectivity index (χ0v) is 7.99. The van der Waals surface area contributed by atoms with E-state index < -0.39 is 0 Å². The van der Waals surface area contributed by atoms with Crippen LogP contribution in [0.25, 0.3) is 5.57 Å². The normalized spacial score (nSPS) is 9.71. The fourth-order valence-electron chi connectivity index (χ4n) is 1.11. The van der Waals surface area contributed by atoms with Gasteiger partial charge in [0.2, 0.25) is 5.91 Å². The van der Waals surface area contributed by atoms with Crippen LogP contribution in [0.4, 0.5) is 0 Å². The molecule has 0 radical (unpaired) electrons. The highest BCUT2D eigenvalue weighted by Crippen LogP contribution is 2.09. The van der Waals surface area contributed by atoms with E-state index in [-0.39, 0.29) is 12.5 Å². The van der Waals surface area contributed by atoms with E-state index in [9.17, 15) is 4.79 Å². The fourth-order valence-corrected chi connectivity index (χ4v) is 1.11. The summed E-state index contributed by atoms with van der Waals surface area (Å²) in [4.78, 5) is 10.4. The van der Waals surface area contributed by atoms with Crippen LogP contribution in [0.2, 0.25) is 0 Å². The average Bonchev–Trinajstić information content (AvgIpc) is 2.18. The van der Waals surface area contributed by atoms with Crippen LogP contribution in [-0.4, -0.2) is 19.0 Å². The summed E-state index contributed by atoms with van der Waals surface area (Å²) in [5.41, 5.74) is 7.01. The number of nitrogens with two attached hydrogens (primary N) is 1. The molecule has 0 atom stereocenters. The first-order valence-corrected chi connectivity index (χ1v) is 4.42. The Morgan fingerprint density at radius 2 is 1.93 bits per heavy atom. The quantitative estimate of drug-likeness (QED) is 0.720. The lowest BCUT2D eigenvalue weighted by atomic mass is 10.1. The van der Waals surface area contributed by atoms with E-state index in [4.69, 9.17) is 5.73 Å². The van der Waals surface area contributed by atoms with Crippen LogP contribution in [0, 0.1) is 0 Å². The van der Waals surface area contributed by atoms with Gasteiger partial charge in [-0.15, -0.1) is 0 Å². The van der Waals surface area contributed by atoms with Crippen LogP contribution in [0.3, 0.4) is 0 Å².